The Morgan fingerprint density at radius 1 is 1.14 bits per heavy atom. The molecule has 110 valence electrons. The van der Waals surface area contributed by atoms with Crippen LogP contribution in [0, 0.1) is 0 Å². The fourth-order valence-corrected chi connectivity index (χ4v) is 3.42. The highest BCUT2D eigenvalue weighted by atomic mass is 15.3. The van der Waals surface area contributed by atoms with Gasteiger partial charge in [-0.15, -0.1) is 0 Å². The van der Waals surface area contributed by atoms with Gasteiger partial charge in [-0.3, -0.25) is 0 Å². The zero-order valence-corrected chi connectivity index (χ0v) is 12.5. The van der Waals surface area contributed by atoms with Crippen LogP contribution in [0.5, 0.6) is 0 Å². The molecule has 1 aliphatic heterocycles. The lowest BCUT2D eigenvalue weighted by atomic mass is 9.97. The summed E-state index contributed by atoms with van der Waals surface area (Å²) < 4.78 is 2.13. The highest BCUT2D eigenvalue weighted by molar-refractivity contribution is 5.38. The maximum absolute atomic E-state index is 4.54. The number of nitrogens with zero attached hydrogens (tertiary/aromatic N) is 2. The molecule has 1 N–H and O–H groups in total. The molecule has 1 aliphatic carbocycles. The van der Waals surface area contributed by atoms with E-state index in [2.05, 4.69) is 45.4 Å². The van der Waals surface area contributed by atoms with Gasteiger partial charge >= 0.3 is 0 Å². The van der Waals surface area contributed by atoms with E-state index in [-0.39, 0.29) is 0 Å². The van der Waals surface area contributed by atoms with Crippen LogP contribution in [-0.4, -0.2) is 22.4 Å². The van der Waals surface area contributed by atoms with Gasteiger partial charge in [-0.05, 0) is 62.4 Å². The van der Waals surface area contributed by atoms with Crippen LogP contribution in [-0.2, 0) is 6.42 Å². The summed E-state index contributed by atoms with van der Waals surface area (Å²) in [6, 6.07) is 11.7. The molecule has 2 fully saturated rings. The molecule has 1 atom stereocenters. The Labute approximate surface area is 126 Å². The first-order valence-corrected chi connectivity index (χ1v) is 8.27. The van der Waals surface area contributed by atoms with E-state index in [4.69, 9.17) is 0 Å². The molecule has 1 saturated carbocycles. The van der Waals surface area contributed by atoms with Gasteiger partial charge < -0.3 is 5.32 Å². The summed E-state index contributed by atoms with van der Waals surface area (Å²) >= 11 is 0. The van der Waals surface area contributed by atoms with Crippen molar-refractivity contribution in [3.8, 4) is 5.69 Å². The number of aromatic nitrogens is 2. The lowest BCUT2D eigenvalue weighted by Gasteiger charge is -2.23. The molecule has 0 radical (unpaired) electrons. The lowest BCUT2D eigenvalue weighted by Crippen LogP contribution is -2.35. The van der Waals surface area contributed by atoms with E-state index >= 15 is 0 Å². The summed E-state index contributed by atoms with van der Waals surface area (Å²) in [5.74, 6) is 0.733. The number of rotatable bonds is 4. The van der Waals surface area contributed by atoms with Crippen molar-refractivity contribution in [3.05, 3.63) is 47.8 Å². The van der Waals surface area contributed by atoms with Crippen molar-refractivity contribution in [2.24, 2.45) is 0 Å². The van der Waals surface area contributed by atoms with Gasteiger partial charge in [0, 0.05) is 23.9 Å². The fourth-order valence-electron chi connectivity index (χ4n) is 3.42. The Morgan fingerprint density at radius 2 is 2.10 bits per heavy atom. The molecular weight excluding hydrogens is 258 g/mol. The van der Waals surface area contributed by atoms with Crippen molar-refractivity contribution in [2.45, 2.75) is 50.5 Å². The smallest absolute Gasteiger partial charge is 0.0651 e. The quantitative estimate of drug-likeness (QED) is 0.930. The summed E-state index contributed by atoms with van der Waals surface area (Å²) in [5, 5.41) is 8.18. The van der Waals surface area contributed by atoms with Gasteiger partial charge in [0.1, 0.15) is 0 Å². The second-order valence-corrected chi connectivity index (χ2v) is 6.46. The number of hydrogen-bond donors (Lipinski definition) is 1. The van der Waals surface area contributed by atoms with Crippen LogP contribution < -0.4 is 5.32 Å². The molecule has 3 heteroatoms. The van der Waals surface area contributed by atoms with Crippen molar-refractivity contribution < 1.29 is 0 Å². The monoisotopic (exact) mass is 281 g/mol. The molecular formula is C18H23N3. The molecule has 0 amide bonds. The Morgan fingerprint density at radius 3 is 2.90 bits per heavy atom. The van der Waals surface area contributed by atoms with E-state index in [1.807, 2.05) is 6.20 Å². The van der Waals surface area contributed by atoms with Crippen molar-refractivity contribution in [2.75, 3.05) is 6.54 Å². The first-order chi connectivity index (χ1) is 10.4. The van der Waals surface area contributed by atoms with Crippen molar-refractivity contribution in [1.82, 2.24) is 15.1 Å². The summed E-state index contributed by atoms with van der Waals surface area (Å²) in [5.41, 5.74) is 4.02. The average Bonchev–Trinajstić information content (AvgIpc) is 3.25. The zero-order chi connectivity index (χ0) is 14.1. The number of benzene rings is 1. The minimum atomic E-state index is 0.648. The molecule has 0 bridgehead atoms. The molecule has 3 nitrogen and oxygen atoms in total. The Bertz CT molecular complexity index is 606. The van der Waals surface area contributed by atoms with E-state index in [9.17, 15) is 0 Å². The van der Waals surface area contributed by atoms with Crippen LogP contribution in [0.15, 0.2) is 36.5 Å². The fraction of sp³-hybridized carbons (Fsp3) is 0.500. The second-order valence-electron chi connectivity index (χ2n) is 6.46. The molecule has 4 rings (SSSR count). The Balaban J connectivity index is 1.55. The standard InChI is InChI=1S/C18H23N3/c1-2-10-19-16(5-1)12-14-4-3-6-17(13-14)21-18(9-11-20-21)15-7-8-15/h3-4,6,9,11,13,15-16,19H,1-2,5,7-8,10,12H2. The average molecular weight is 281 g/mol. The largest absolute Gasteiger partial charge is 0.314 e. The summed E-state index contributed by atoms with van der Waals surface area (Å²) in [7, 11) is 0. The molecule has 1 unspecified atom stereocenters. The minimum Gasteiger partial charge on any atom is -0.314 e. The van der Waals surface area contributed by atoms with Crippen molar-refractivity contribution in [1.29, 1.82) is 0 Å². The number of nitrogens with one attached hydrogen (secondary N) is 1. The predicted molar refractivity (Wildman–Crippen MR) is 84.9 cm³/mol. The molecule has 0 spiro atoms. The van der Waals surface area contributed by atoms with Crippen LogP contribution in [0.1, 0.15) is 49.3 Å². The van der Waals surface area contributed by atoms with Crippen molar-refractivity contribution >= 4 is 0 Å². The first-order valence-electron chi connectivity index (χ1n) is 8.27. The zero-order valence-electron chi connectivity index (χ0n) is 12.5. The SMILES string of the molecule is c1cc(CC2CCCCN2)cc(-n2nccc2C2CC2)c1. The maximum Gasteiger partial charge on any atom is 0.0651 e. The third kappa shape index (κ3) is 2.88. The molecule has 1 aromatic heterocycles. The highest BCUT2D eigenvalue weighted by Crippen LogP contribution is 2.40. The van der Waals surface area contributed by atoms with Crippen LogP contribution >= 0.6 is 0 Å². The van der Waals surface area contributed by atoms with Gasteiger partial charge in [0.2, 0.25) is 0 Å². The van der Waals surface area contributed by atoms with Gasteiger partial charge in [-0.25, -0.2) is 4.68 Å². The normalized spacial score (nSPS) is 22.4. The van der Waals surface area contributed by atoms with E-state index in [1.165, 1.54) is 55.6 Å². The van der Waals surface area contributed by atoms with E-state index in [1.54, 1.807) is 0 Å². The van der Waals surface area contributed by atoms with Crippen molar-refractivity contribution in [3.63, 3.8) is 0 Å². The predicted octanol–water partition coefficient (Wildman–Crippen LogP) is 3.43. The third-order valence-corrected chi connectivity index (χ3v) is 4.72. The minimum absolute atomic E-state index is 0.648. The molecule has 2 aliphatic rings. The van der Waals surface area contributed by atoms with E-state index in [0.717, 1.165) is 12.3 Å². The van der Waals surface area contributed by atoms with E-state index in [0.29, 0.717) is 6.04 Å². The molecule has 2 heterocycles. The van der Waals surface area contributed by atoms with E-state index < -0.39 is 0 Å². The highest BCUT2D eigenvalue weighted by Gasteiger charge is 2.27. The van der Waals surface area contributed by atoms with Crippen LogP contribution in [0.3, 0.4) is 0 Å². The third-order valence-electron chi connectivity index (χ3n) is 4.72. The summed E-state index contributed by atoms with van der Waals surface area (Å²) in [6.07, 6.45) is 9.70. The number of piperidine rings is 1. The Kier molecular flexibility index (Phi) is 3.52. The topological polar surface area (TPSA) is 29.9 Å². The van der Waals surface area contributed by atoms with Crippen LogP contribution in [0.2, 0.25) is 0 Å². The summed E-state index contributed by atoms with van der Waals surface area (Å²) in [4.78, 5) is 0. The van der Waals surface area contributed by atoms with Crippen LogP contribution in [0.4, 0.5) is 0 Å². The van der Waals surface area contributed by atoms with Gasteiger partial charge in [0.05, 0.1) is 5.69 Å². The second kappa shape index (κ2) is 5.64. The Hall–Kier alpha value is -1.61. The van der Waals surface area contributed by atoms with Gasteiger partial charge in [-0.2, -0.15) is 5.10 Å². The molecule has 21 heavy (non-hydrogen) atoms. The van der Waals surface area contributed by atoms with Crippen LogP contribution in [0.25, 0.3) is 5.69 Å². The lowest BCUT2D eigenvalue weighted by molar-refractivity contribution is 0.399. The molecule has 1 saturated heterocycles. The summed E-state index contributed by atoms with van der Waals surface area (Å²) in [6.45, 7) is 1.18. The maximum atomic E-state index is 4.54. The first kappa shape index (κ1) is 13.1. The molecule has 2 aromatic rings. The van der Waals surface area contributed by atoms with Gasteiger partial charge in [0.15, 0.2) is 0 Å². The van der Waals surface area contributed by atoms with Gasteiger partial charge in [-0.1, -0.05) is 18.6 Å². The van der Waals surface area contributed by atoms with Gasteiger partial charge in [0.25, 0.3) is 0 Å². The molecule has 1 aromatic carbocycles. The number of hydrogen-bond acceptors (Lipinski definition) is 2.